The molecule has 0 bridgehead atoms. The van der Waals surface area contributed by atoms with Crippen LogP contribution in [0.25, 0.3) is 0 Å². The number of benzene rings is 1. The highest BCUT2D eigenvalue weighted by atomic mass is 32.2. The van der Waals surface area contributed by atoms with Gasteiger partial charge in [-0.3, -0.25) is 4.99 Å². The molecule has 1 aromatic rings. The molecule has 0 spiro atoms. The third kappa shape index (κ3) is 4.01. The number of thioether (sulfide) groups is 1. The summed E-state index contributed by atoms with van der Waals surface area (Å²) in [6.07, 6.45) is 2.61. The highest BCUT2D eigenvalue weighted by Crippen LogP contribution is 2.26. The molecule has 1 atom stereocenters. The van der Waals surface area contributed by atoms with E-state index in [2.05, 4.69) is 47.5 Å². The molecule has 3 rings (SSSR count). The number of aliphatic imine (C=N–C) groups is 1. The molecule has 1 aromatic carbocycles. The van der Waals surface area contributed by atoms with Crippen molar-refractivity contribution in [3.63, 3.8) is 0 Å². The van der Waals surface area contributed by atoms with Gasteiger partial charge in [-0.25, -0.2) is 0 Å². The first kappa shape index (κ1) is 14.9. The second kappa shape index (κ2) is 7.32. The topological polar surface area (TPSA) is 27.6 Å². The lowest BCUT2D eigenvalue weighted by Crippen LogP contribution is -2.34. The van der Waals surface area contributed by atoms with Crippen molar-refractivity contribution in [3.05, 3.63) is 35.9 Å². The van der Waals surface area contributed by atoms with E-state index in [-0.39, 0.29) is 0 Å². The SMILES string of the molecule is CCN1CCC(CN=C2NC(c3ccccc3)CS2)CC1. The van der Waals surface area contributed by atoms with Crippen LogP contribution in [0.1, 0.15) is 31.4 Å². The van der Waals surface area contributed by atoms with E-state index in [1.807, 2.05) is 11.8 Å². The smallest absolute Gasteiger partial charge is 0.157 e. The monoisotopic (exact) mass is 303 g/mol. The lowest BCUT2D eigenvalue weighted by atomic mass is 9.97. The molecule has 0 aliphatic carbocycles. The lowest BCUT2D eigenvalue weighted by Gasteiger charge is -2.30. The van der Waals surface area contributed by atoms with Crippen LogP contribution < -0.4 is 5.32 Å². The Morgan fingerprint density at radius 2 is 2.00 bits per heavy atom. The third-order valence-electron chi connectivity index (χ3n) is 4.53. The molecule has 2 aliphatic rings. The van der Waals surface area contributed by atoms with Gasteiger partial charge in [-0.2, -0.15) is 0 Å². The average molecular weight is 303 g/mol. The van der Waals surface area contributed by atoms with Crippen molar-refractivity contribution in [1.82, 2.24) is 10.2 Å². The number of piperidine rings is 1. The Bertz CT molecular complexity index is 466. The normalized spacial score (nSPS) is 26.1. The van der Waals surface area contributed by atoms with Gasteiger partial charge < -0.3 is 10.2 Å². The summed E-state index contributed by atoms with van der Waals surface area (Å²) in [5.74, 6) is 1.87. The quantitative estimate of drug-likeness (QED) is 0.926. The second-order valence-corrected chi connectivity index (χ2v) is 6.95. The molecule has 0 saturated carbocycles. The van der Waals surface area contributed by atoms with Gasteiger partial charge in [0, 0.05) is 12.3 Å². The molecule has 0 radical (unpaired) electrons. The fraction of sp³-hybridized carbons (Fsp3) is 0.588. The van der Waals surface area contributed by atoms with E-state index in [0.717, 1.165) is 23.4 Å². The van der Waals surface area contributed by atoms with Crippen LogP contribution in [-0.4, -0.2) is 42.0 Å². The Morgan fingerprint density at radius 3 is 2.71 bits per heavy atom. The molecule has 0 amide bonds. The molecule has 1 N–H and O–H groups in total. The largest absolute Gasteiger partial charge is 0.357 e. The highest BCUT2D eigenvalue weighted by molar-refractivity contribution is 8.14. The van der Waals surface area contributed by atoms with Crippen LogP contribution >= 0.6 is 11.8 Å². The third-order valence-corrected chi connectivity index (χ3v) is 5.55. The van der Waals surface area contributed by atoms with E-state index < -0.39 is 0 Å². The first-order valence-corrected chi connectivity index (χ1v) is 9.05. The molecule has 0 aromatic heterocycles. The van der Waals surface area contributed by atoms with E-state index in [4.69, 9.17) is 4.99 Å². The highest BCUT2D eigenvalue weighted by Gasteiger charge is 2.22. The molecular weight excluding hydrogens is 278 g/mol. The van der Waals surface area contributed by atoms with Crippen molar-refractivity contribution in [2.45, 2.75) is 25.8 Å². The van der Waals surface area contributed by atoms with E-state index in [0.29, 0.717) is 6.04 Å². The molecular formula is C17H25N3S. The summed E-state index contributed by atoms with van der Waals surface area (Å²) in [4.78, 5) is 7.36. The van der Waals surface area contributed by atoms with Crippen LogP contribution in [0.15, 0.2) is 35.3 Å². The minimum Gasteiger partial charge on any atom is -0.357 e. The Labute approximate surface area is 132 Å². The van der Waals surface area contributed by atoms with Crippen molar-refractivity contribution >= 4 is 16.9 Å². The first-order valence-electron chi connectivity index (χ1n) is 8.06. The molecule has 2 aliphatic heterocycles. The fourth-order valence-electron chi connectivity index (χ4n) is 3.05. The van der Waals surface area contributed by atoms with Crippen molar-refractivity contribution in [2.24, 2.45) is 10.9 Å². The predicted octanol–water partition coefficient (Wildman–Crippen LogP) is 3.15. The number of amidine groups is 1. The van der Waals surface area contributed by atoms with Crippen molar-refractivity contribution in [3.8, 4) is 0 Å². The molecule has 2 fully saturated rings. The molecule has 114 valence electrons. The number of likely N-dealkylation sites (tertiary alicyclic amines) is 1. The Balaban J connectivity index is 1.48. The maximum absolute atomic E-state index is 4.82. The number of hydrogen-bond donors (Lipinski definition) is 1. The van der Waals surface area contributed by atoms with Crippen LogP contribution in [0.4, 0.5) is 0 Å². The minimum atomic E-state index is 0.428. The van der Waals surface area contributed by atoms with Gasteiger partial charge in [0.05, 0.1) is 6.04 Å². The van der Waals surface area contributed by atoms with E-state index in [9.17, 15) is 0 Å². The van der Waals surface area contributed by atoms with Crippen LogP contribution in [0, 0.1) is 5.92 Å². The molecule has 21 heavy (non-hydrogen) atoms. The number of nitrogens with one attached hydrogen (secondary N) is 1. The number of hydrogen-bond acceptors (Lipinski definition) is 3. The standard InChI is InChI=1S/C17H25N3S/c1-2-20-10-8-14(9-11-20)12-18-17-19-16(13-21-17)15-6-4-3-5-7-15/h3-7,14,16H,2,8-13H2,1H3,(H,18,19). The summed E-state index contributed by atoms with van der Waals surface area (Å²) < 4.78 is 0. The molecule has 2 saturated heterocycles. The first-order chi connectivity index (χ1) is 10.3. The second-order valence-electron chi connectivity index (χ2n) is 5.94. The molecule has 3 nitrogen and oxygen atoms in total. The van der Waals surface area contributed by atoms with Crippen LogP contribution in [0.2, 0.25) is 0 Å². The summed E-state index contributed by atoms with van der Waals surface area (Å²) in [6, 6.07) is 11.1. The minimum absolute atomic E-state index is 0.428. The van der Waals surface area contributed by atoms with Crippen LogP contribution in [-0.2, 0) is 0 Å². The van der Waals surface area contributed by atoms with Crippen molar-refractivity contribution < 1.29 is 0 Å². The van der Waals surface area contributed by atoms with Crippen LogP contribution in [0.3, 0.4) is 0 Å². The molecule has 4 heteroatoms. The summed E-state index contributed by atoms with van der Waals surface area (Å²) in [5.41, 5.74) is 1.37. The summed E-state index contributed by atoms with van der Waals surface area (Å²) in [6.45, 7) is 6.94. The Hall–Kier alpha value is -1.00. The fourth-order valence-corrected chi connectivity index (χ4v) is 4.04. The molecule has 2 heterocycles. The van der Waals surface area contributed by atoms with Gasteiger partial charge in [-0.1, -0.05) is 49.0 Å². The number of nitrogens with zero attached hydrogens (tertiary/aromatic N) is 2. The van der Waals surface area contributed by atoms with Gasteiger partial charge >= 0.3 is 0 Å². The zero-order chi connectivity index (χ0) is 14.5. The van der Waals surface area contributed by atoms with Crippen molar-refractivity contribution in [1.29, 1.82) is 0 Å². The van der Waals surface area contributed by atoms with Gasteiger partial charge in [0.1, 0.15) is 0 Å². The summed E-state index contributed by atoms with van der Waals surface area (Å²) in [7, 11) is 0. The van der Waals surface area contributed by atoms with Gasteiger partial charge in [0.2, 0.25) is 0 Å². The predicted molar refractivity (Wildman–Crippen MR) is 91.9 cm³/mol. The average Bonchev–Trinajstić information content (AvgIpc) is 3.03. The Morgan fingerprint density at radius 1 is 1.24 bits per heavy atom. The maximum Gasteiger partial charge on any atom is 0.157 e. The van der Waals surface area contributed by atoms with E-state index in [1.54, 1.807) is 0 Å². The maximum atomic E-state index is 4.82. The van der Waals surface area contributed by atoms with Crippen LogP contribution in [0.5, 0.6) is 0 Å². The zero-order valence-electron chi connectivity index (χ0n) is 12.8. The van der Waals surface area contributed by atoms with E-state index >= 15 is 0 Å². The summed E-state index contributed by atoms with van der Waals surface area (Å²) in [5, 5.41) is 4.71. The lowest BCUT2D eigenvalue weighted by molar-refractivity contribution is 0.196. The van der Waals surface area contributed by atoms with E-state index in [1.165, 1.54) is 38.0 Å². The van der Waals surface area contributed by atoms with Gasteiger partial charge in [0.25, 0.3) is 0 Å². The number of rotatable bonds is 4. The van der Waals surface area contributed by atoms with Gasteiger partial charge in [-0.05, 0) is 44.0 Å². The summed E-state index contributed by atoms with van der Waals surface area (Å²) >= 11 is 1.87. The van der Waals surface area contributed by atoms with Gasteiger partial charge in [-0.15, -0.1) is 0 Å². The molecule has 1 unspecified atom stereocenters. The van der Waals surface area contributed by atoms with Gasteiger partial charge in [0.15, 0.2) is 5.17 Å². The Kier molecular flexibility index (Phi) is 5.20. The zero-order valence-corrected chi connectivity index (χ0v) is 13.6. The van der Waals surface area contributed by atoms with Crippen molar-refractivity contribution in [2.75, 3.05) is 31.9 Å².